The van der Waals surface area contributed by atoms with Crippen molar-refractivity contribution in [1.29, 1.82) is 0 Å². The highest BCUT2D eigenvalue weighted by Gasteiger charge is 2.62. The number of methoxy groups -OCH3 is 1. The fraction of sp³-hybridized carbons (Fsp3) is 0.636. The smallest absolute Gasteiger partial charge is 0.343 e. The molecule has 3 heterocycles. The summed E-state index contributed by atoms with van der Waals surface area (Å²) < 4.78 is 33.9. The van der Waals surface area contributed by atoms with Crippen molar-refractivity contribution in [2.45, 2.75) is 77.0 Å². The zero-order chi connectivity index (χ0) is 23.9. The van der Waals surface area contributed by atoms with E-state index in [0.29, 0.717) is 12.8 Å². The molecule has 1 fully saturated rings. The lowest BCUT2D eigenvalue weighted by Gasteiger charge is -2.45. The van der Waals surface area contributed by atoms with Crippen LogP contribution >= 0.6 is 0 Å². The Morgan fingerprint density at radius 2 is 1.78 bits per heavy atom. The Kier molecular flexibility index (Phi) is 6.23. The number of carbonyl (C=O) groups is 4. The Bertz CT molecular complexity index is 918. The molecule has 4 atom stereocenters. The molecule has 3 aliphatic rings. The number of fused-ring (bicyclic) bond motifs is 3. The predicted molar refractivity (Wildman–Crippen MR) is 107 cm³/mol. The van der Waals surface area contributed by atoms with E-state index in [2.05, 4.69) is 0 Å². The molecule has 0 saturated carbocycles. The highest BCUT2D eigenvalue weighted by atomic mass is 16.7. The quantitative estimate of drug-likeness (QED) is 0.451. The third kappa shape index (κ3) is 4.29. The number of esters is 4. The largest absolute Gasteiger partial charge is 0.461 e. The van der Waals surface area contributed by atoms with Crippen LogP contribution in [-0.4, -0.2) is 60.7 Å². The van der Waals surface area contributed by atoms with Gasteiger partial charge in [0.15, 0.2) is 5.60 Å². The van der Waals surface area contributed by atoms with Crippen LogP contribution in [0, 0.1) is 0 Å². The zero-order valence-corrected chi connectivity index (χ0v) is 19.1. The molecule has 0 amide bonds. The Morgan fingerprint density at radius 1 is 1.09 bits per heavy atom. The highest BCUT2D eigenvalue weighted by Crippen LogP contribution is 2.52. The Labute approximate surface area is 185 Å². The maximum Gasteiger partial charge on any atom is 0.343 e. The van der Waals surface area contributed by atoms with E-state index in [0.717, 1.165) is 0 Å². The molecule has 0 radical (unpaired) electrons. The van der Waals surface area contributed by atoms with Crippen molar-refractivity contribution in [2.75, 3.05) is 13.7 Å². The van der Waals surface area contributed by atoms with E-state index < -0.39 is 47.0 Å². The van der Waals surface area contributed by atoms with Gasteiger partial charge in [-0.3, -0.25) is 14.4 Å². The summed E-state index contributed by atoms with van der Waals surface area (Å²) in [6, 6.07) is 0. The monoisotopic (exact) mass is 452 g/mol. The molecule has 0 aromatic carbocycles. The van der Waals surface area contributed by atoms with Crippen LogP contribution in [0.4, 0.5) is 0 Å². The van der Waals surface area contributed by atoms with Gasteiger partial charge in [0.1, 0.15) is 18.5 Å². The van der Waals surface area contributed by atoms with Crippen LogP contribution in [0.15, 0.2) is 23.0 Å². The Balaban J connectivity index is 2.23. The standard InChI is InChI=1S/C22H28O10/c1-12(23)28-11-15-18-16(30-19(15)26)9-20(4)7-8-22(27-6,32-20)21(5,31-14(3)25)10-17(18)29-13(2)24/h9,17H,7-8,10-11H2,1-6H3. The van der Waals surface area contributed by atoms with E-state index in [1.54, 1.807) is 19.9 Å². The summed E-state index contributed by atoms with van der Waals surface area (Å²) in [4.78, 5) is 48.1. The second-order valence-electron chi connectivity index (χ2n) is 8.57. The highest BCUT2D eigenvalue weighted by molar-refractivity contribution is 5.95. The van der Waals surface area contributed by atoms with Gasteiger partial charge < -0.3 is 28.4 Å². The van der Waals surface area contributed by atoms with Gasteiger partial charge in [0, 0.05) is 46.3 Å². The number of ether oxygens (including phenoxy) is 6. The molecular formula is C22H28O10. The van der Waals surface area contributed by atoms with Crippen LogP contribution in [0.5, 0.6) is 0 Å². The molecule has 3 aliphatic heterocycles. The molecular weight excluding hydrogens is 424 g/mol. The van der Waals surface area contributed by atoms with Crippen LogP contribution in [0.1, 0.15) is 53.9 Å². The second kappa shape index (κ2) is 8.32. The minimum absolute atomic E-state index is 0.0377. The van der Waals surface area contributed by atoms with Crippen molar-refractivity contribution in [3.63, 3.8) is 0 Å². The molecule has 4 unspecified atom stereocenters. The number of hydrogen-bond acceptors (Lipinski definition) is 10. The number of rotatable bonds is 5. The molecule has 1 saturated heterocycles. The van der Waals surface area contributed by atoms with Crippen LogP contribution < -0.4 is 0 Å². The van der Waals surface area contributed by atoms with Gasteiger partial charge in [-0.05, 0) is 26.3 Å². The first-order valence-corrected chi connectivity index (χ1v) is 10.3. The molecule has 3 rings (SSSR count). The summed E-state index contributed by atoms with van der Waals surface area (Å²) in [7, 11) is 1.45. The van der Waals surface area contributed by atoms with E-state index in [4.69, 9.17) is 28.4 Å². The summed E-state index contributed by atoms with van der Waals surface area (Å²) in [5.41, 5.74) is -2.07. The van der Waals surface area contributed by atoms with Crippen molar-refractivity contribution < 1.29 is 47.6 Å². The van der Waals surface area contributed by atoms with Crippen molar-refractivity contribution >= 4 is 23.9 Å². The molecule has 2 bridgehead atoms. The third-order valence-corrected chi connectivity index (χ3v) is 5.95. The number of hydrogen-bond donors (Lipinski definition) is 0. The van der Waals surface area contributed by atoms with Crippen molar-refractivity contribution in [3.8, 4) is 0 Å². The summed E-state index contributed by atoms with van der Waals surface area (Å²) in [6.45, 7) is 6.75. The van der Waals surface area contributed by atoms with Gasteiger partial charge in [-0.25, -0.2) is 4.79 Å². The van der Waals surface area contributed by atoms with Gasteiger partial charge in [0.05, 0.1) is 11.2 Å². The lowest BCUT2D eigenvalue weighted by Crippen LogP contribution is -2.58. The van der Waals surface area contributed by atoms with E-state index in [9.17, 15) is 19.2 Å². The maximum absolute atomic E-state index is 12.7. The normalized spacial score (nSPS) is 33.9. The molecule has 10 heteroatoms. The van der Waals surface area contributed by atoms with Crippen LogP contribution in [0.3, 0.4) is 0 Å². The van der Waals surface area contributed by atoms with Crippen molar-refractivity contribution in [1.82, 2.24) is 0 Å². The van der Waals surface area contributed by atoms with E-state index in [1.807, 2.05) is 0 Å². The summed E-state index contributed by atoms with van der Waals surface area (Å²) in [5.74, 6) is -3.72. The minimum atomic E-state index is -1.40. The van der Waals surface area contributed by atoms with Gasteiger partial charge in [0.2, 0.25) is 5.79 Å². The van der Waals surface area contributed by atoms with Gasteiger partial charge in [-0.2, -0.15) is 0 Å². The SMILES string of the molecule is COC12CCC(C)(C=C3OC(=O)C(COC(C)=O)=C3C(OC(C)=O)CC1(C)OC(C)=O)O2. The van der Waals surface area contributed by atoms with E-state index >= 15 is 0 Å². The zero-order valence-electron chi connectivity index (χ0n) is 19.1. The lowest BCUT2D eigenvalue weighted by molar-refractivity contribution is -0.313. The van der Waals surface area contributed by atoms with E-state index in [1.165, 1.54) is 27.9 Å². The first-order chi connectivity index (χ1) is 14.8. The fourth-order valence-electron chi connectivity index (χ4n) is 4.60. The first kappa shape index (κ1) is 23.9. The third-order valence-electron chi connectivity index (χ3n) is 5.95. The van der Waals surface area contributed by atoms with Gasteiger partial charge in [-0.1, -0.05) is 0 Å². The minimum Gasteiger partial charge on any atom is -0.461 e. The molecule has 0 aromatic rings. The molecule has 176 valence electrons. The van der Waals surface area contributed by atoms with Crippen LogP contribution in [0.2, 0.25) is 0 Å². The molecule has 10 nitrogen and oxygen atoms in total. The summed E-state index contributed by atoms with van der Waals surface area (Å²) >= 11 is 0. The molecule has 32 heavy (non-hydrogen) atoms. The molecule has 0 aliphatic carbocycles. The number of carbonyl (C=O) groups excluding carboxylic acids is 4. The second-order valence-corrected chi connectivity index (χ2v) is 8.57. The Hall–Kier alpha value is -2.72. The van der Waals surface area contributed by atoms with Gasteiger partial charge in [0.25, 0.3) is 0 Å². The maximum atomic E-state index is 12.7. The predicted octanol–water partition coefficient (Wildman–Crippen LogP) is 1.86. The lowest BCUT2D eigenvalue weighted by atomic mass is 9.82. The molecule has 0 aromatic heterocycles. The molecule has 0 spiro atoms. The Morgan fingerprint density at radius 3 is 2.34 bits per heavy atom. The average Bonchev–Trinajstić information content (AvgIpc) is 3.16. The summed E-state index contributed by atoms with van der Waals surface area (Å²) in [6.07, 6.45) is 1.30. The average molecular weight is 452 g/mol. The van der Waals surface area contributed by atoms with Crippen molar-refractivity contribution in [2.24, 2.45) is 0 Å². The van der Waals surface area contributed by atoms with Gasteiger partial charge >= 0.3 is 23.9 Å². The van der Waals surface area contributed by atoms with Crippen LogP contribution in [0.25, 0.3) is 0 Å². The fourth-order valence-corrected chi connectivity index (χ4v) is 4.60. The topological polar surface area (TPSA) is 124 Å². The molecule has 0 N–H and O–H groups in total. The van der Waals surface area contributed by atoms with Crippen LogP contribution in [-0.2, 0) is 47.6 Å². The first-order valence-electron chi connectivity index (χ1n) is 10.3. The summed E-state index contributed by atoms with van der Waals surface area (Å²) in [5, 5.41) is 0. The van der Waals surface area contributed by atoms with Crippen molar-refractivity contribution in [3.05, 3.63) is 23.0 Å². The van der Waals surface area contributed by atoms with E-state index in [-0.39, 0.29) is 29.9 Å². The van der Waals surface area contributed by atoms with Gasteiger partial charge in [-0.15, -0.1) is 0 Å².